The highest BCUT2D eigenvalue weighted by molar-refractivity contribution is 7.09. The third-order valence-corrected chi connectivity index (χ3v) is 3.90. The lowest BCUT2D eigenvalue weighted by molar-refractivity contribution is -0.147. The van der Waals surface area contributed by atoms with Crippen LogP contribution in [-0.2, 0) is 11.3 Å². The van der Waals surface area contributed by atoms with Crippen molar-refractivity contribution in [3.8, 4) is 0 Å². The SMILES string of the molecule is CCN(CCC(C)(C)C(=O)O)Cc1cccs1. The van der Waals surface area contributed by atoms with Gasteiger partial charge in [0.25, 0.3) is 0 Å². The maximum atomic E-state index is 11.0. The van der Waals surface area contributed by atoms with Gasteiger partial charge in [-0.2, -0.15) is 0 Å². The third-order valence-electron chi connectivity index (χ3n) is 3.04. The van der Waals surface area contributed by atoms with Gasteiger partial charge in [0.15, 0.2) is 0 Å². The van der Waals surface area contributed by atoms with Gasteiger partial charge >= 0.3 is 5.97 Å². The van der Waals surface area contributed by atoms with E-state index in [0.29, 0.717) is 6.42 Å². The molecule has 1 aromatic heterocycles. The minimum absolute atomic E-state index is 0.636. The smallest absolute Gasteiger partial charge is 0.309 e. The summed E-state index contributed by atoms with van der Waals surface area (Å²) in [6.07, 6.45) is 0.682. The Kier molecular flexibility index (Phi) is 5.15. The number of carboxylic acid groups (broad SMARTS) is 1. The maximum Gasteiger partial charge on any atom is 0.309 e. The number of carbonyl (C=O) groups is 1. The molecule has 1 aromatic rings. The predicted octanol–water partition coefficient (Wildman–Crippen LogP) is 3.07. The van der Waals surface area contributed by atoms with Crippen LogP contribution < -0.4 is 0 Å². The molecule has 1 heterocycles. The Bertz CT molecular complexity index is 346. The van der Waals surface area contributed by atoms with Crippen LogP contribution in [-0.4, -0.2) is 29.1 Å². The minimum atomic E-state index is -0.718. The number of carboxylic acids is 1. The van der Waals surface area contributed by atoms with Gasteiger partial charge in [0.2, 0.25) is 0 Å². The number of thiophene rings is 1. The first-order valence-corrected chi connectivity index (χ1v) is 6.82. The van der Waals surface area contributed by atoms with E-state index in [1.807, 2.05) is 0 Å². The van der Waals surface area contributed by atoms with Crippen molar-refractivity contribution in [2.75, 3.05) is 13.1 Å². The van der Waals surface area contributed by atoms with Crippen LogP contribution in [0.3, 0.4) is 0 Å². The fourth-order valence-corrected chi connectivity index (χ4v) is 2.26. The molecule has 4 heteroatoms. The summed E-state index contributed by atoms with van der Waals surface area (Å²) in [5.41, 5.74) is -0.636. The largest absolute Gasteiger partial charge is 0.481 e. The summed E-state index contributed by atoms with van der Waals surface area (Å²) in [5.74, 6) is -0.718. The van der Waals surface area contributed by atoms with Crippen LogP contribution in [0.1, 0.15) is 32.1 Å². The number of aliphatic carboxylic acids is 1. The highest BCUT2D eigenvalue weighted by atomic mass is 32.1. The van der Waals surface area contributed by atoms with Crippen molar-refractivity contribution in [3.05, 3.63) is 22.4 Å². The minimum Gasteiger partial charge on any atom is -0.481 e. The van der Waals surface area contributed by atoms with Crippen molar-refractivity contribution >= 4 is 17.3 Å². The highest BCUT2D eigenvalue weighted by Gasteiger charge is 2.27. The molecule has 0 radical (unpaired) electrons. The molecule has 0 aliphatic carbocycles. The van der Waals surface area contributed by atoms with Gasteiger partial charge in [-0.3, -0.25) is 9.69 Å². The first-order valence-electron chi connectivity index (χ1n) is 5.94. The molecule has 0 aliphatic heterocycles. The zero-order valence-corrected chi connectivity index (χ0v) is 11.6. The van der Waals surface area contributed by atoms with Crippen molar-refractivity contribution in [2.45, 2.75) is 33.7 Å². The molecule has 0 aromatic carbocycles. The highest BCUT2D eigenvalue weighted by Crippen LogP contribution is 2.21. The van der Waals surface area contributed by atoms with Crippen molar-refractivity contribution < 1.29 is 9.90 Å². The molecule has 0 bridgehead atoms. The van der Waals surface area contributed by atoms with E-state index < -0.39 is 11.4 Å². The molecule has 0 spiro atoms. The molecule has 0 saturated heterocycles. The zero-order valence-electron chi connectivity index (χ0n) is 10.8. The molecule has 96 valence electrons. The molecule has 0 saturated carbocycles. The Labute approximate surface area is 107 Å². The molecule has 1 N–H and O–H groups in total. The molecule has 17 heavy (non-hydrogen) atoms. The summed E-state index contributed by atoms with van der Waals surface area (Å²) >= 11 is 1.75. The second-order valence-corrected chi connectivity index (χ2v) is 5.92. The Morgan fingerprint density at radius 2 is 2.24 bits per heavy atom. The number of hydrogen-bond donors (Lipinski definition) is 1. The summed E-state index contributed by atoms with van der Waals surface area (Å²) in [6.45, 7) is 8.38. The summed E-state index contributed by atoms with van der Waals surface area (Å²) < 4.78 is 0. The lowest BCUT2D eigenvalue weighted by Crippen LogP contribution is -2.31. The van der Waals surface area contributed by atoms with Gasteiger partial charge in [0.05, 0.1) is 5.41 Å². The first kappa shape index (κ1) is 14.2. The quantitative estimate of drug-likeness (QED) is 0.814. The molecule has 0 unspecified atom stereocenters. The number of rotatable bonds is 7. The Hall–Kier alpha value is -0.870. The normalized spacial score (nSPS) is 12.0. The van der Waals surface area contributed by atoms with Gasteiger partial charge in [-0.15, -0.1) is 11.3 Å². The van der Waals surface area contributed by atoms with Crippen molar-refractivity contribution in [3.63, 3.8) is 0 Å². The average Bonchev–Trinajstić information content (AvgIpc) is 2.76. The standard InChI is InChI=1S/C13H21NO2S/c1-4-14(10-11-6-5-9-17-11)8-7-13(2,3)12(15)16/h5-6,9H,4,7-8,10H2,1-3H3,(H,15,16). The molecule has 0 aliphatic rings. The predicted molar refractivity (Wildman–Crippen MR) is 71.3 cm³/mol. The van der Waals surface area contributed by atoms with Gasteiger partial charge in [-0.05, 0) is 44.8 Å². The van der Waals surface area contributed by atoms with Crippen LogP contribution in [0.2, 0.25) is 0 Å². The fraction of sp³-hybridized carbons (Fsp3) is 0.615. The van der Waals surface area contributed by atoms with Crippen LogP contribution in [0.25, 0.3) is 0 Å². The average molecular weight is 255 g/mol. The molecular formula is C13H21NO2S. The van der Waals surface area contributed by atoms with E-state index in [-0.39, 0.29) is 0 Å². The lowest BCUT2D eigenvalue weighted by atomic mass is 9.89. The van der Waals surface area contributed by atoms with Crippen LogP contribution in [0.4, 0.5) is 0 Å². The van der Waals surface area contributed by atoms with E-state index in [2.05, 4.69) is 29.3 Å². The van der Waals surface area contributed by atoms with Gasteiger partial charge < -0.3 is 5.11 Å². The Morgan fingerprint density at radius 3 is 2.71 bits per heavy atom. The first-order chi connectivity index (χ1) is 7.95. The van der Waals surface area contributed by atoms with Gasteiger partial charge in [0, 0.05) is 11.4 Å². The van der Waals surface area contributed by atoms with E-state index in [0.717, 1.165) is 19.6 Å². The van der Waals surface area contributed by atoms with E-state index in [1.165, 1.54) is 4.88 Å². The van der Waals surface area contributed by atoms with Crippen molar-refractivity contribution in [1.82, 2.24) is 4.90 Å². The second-order valence-electron chi connectivity index (χ2n) is 4.89. The van der Waals surface area contributed by atoms with Crippen LogP contribution in [0.15, 0.2) is 17.5 Å². The topological polar surface area (TPSA) is 40.5 Å². The molecule has 1 rings (SSSR count). The van der Waals surface area contributed by atoms with E-state index in [4.69, 9.17) is 5.11 Å². The fourth-order valence-electron chi connectivity index (χ4n) is 1.52. The van der Waals surface area contributed by atoms with Crippen LogP contribution in [0, 0.1) is 5.41 Å². The van der Waals surface area contributed by atoms with Gasteiger partial charge in [-0.25, -0.2) is 0 Å². The number of nitrogens with zero attached hydrogens (tertiary/aromatic N) is 1. The lowest BCUT2D eigenvalue weighted by Gasteiger charge is -2.25. The monoisotopic (exact) mass is 255 g/mol. The maximum absolute atomic E-state index is 11.0. The second kappa shape index (κ2) is 6.17. The summed E-state index contributed by atoms with van der Waals surface area (Å²) in [7, 11) is 0. The van der Waals surface area contributed by atoms with E-state index in [1.54, 1.807) is 25.2 Å². The third kappa shape index (κ3) is 4.48. The molecular weight excluding hydrogens is 234 g/mol. The Balaban J connectivity index is 2.45. The van der Waals surface area contributed by atoms with Crippen LogP contribution in [0.5, 0.6) is 0 Å². The summed E-state index contributed by atoms with van der Waals surface area (Å²) in [5, 5.41) is 11.1. The van der Waals surface area contributed by atoms with Gasteiger partial charge in [-0.1, -0.05) is 13.0 Å². The van der Waals surface area contributed by atoms with E-state index >= 15 is 0 Å². The van der Waals surface area contributed by atoms with Crippen LogP contribution >= 0.6 is 11.3 Å². The van der Waals surface area contributed by atoms with Gasteiger partial charge in [0.1, 0.15) is 0 Å². The Morgan fingerprint density at radius 1 is 1.53 bits per heavy atom. The molecule has 0 amide bonds. The summed E-state index contributed by atoms with van der Waals surface area (Å²) in [4.78, 5) is 14.6. The number of hydrogen-bond acceptors (Lipinski definition) is 3. The molecule has 0 atom stereocenters. The van der Waals surface area contributed by atoms with E-state index in [9.17, 15) is 4.79 Å². The van der Waals surface area contributed by atoms with Crippen molar-refractivity contribution in [2.24, 2.45) is 5.41 Å². The molecule has 0 fully saturated rings. The van der Waals surface area contributed by atoms with Crippen molar-refractivity contribution in [1.29, 1.82) is 0 Å². The zero-order chi connectivity index (χ0) is 12.9. The molecule has 3 nitrogen and oxygen atoms in total. The summed E-state index contributed by atoms with van der Waals surface area (Å²) in [6, 6.07) is 4.17.